The number of rotatable bonds is 12. The molecule has 2 rings (SSSR count). The largest absolute Gasteiger partial charge is 0.394 e. The summed E-state index contributed by atoms with van der Waals surface area (Å²) in [4.78, 5) is 62.4. The van der Waals surface area contributed by atoms with Gasteiger partial charge in [-0.2, -0.15) is 0 Å². The highest BCUT2D eigenvalue weighted by Crippen LogP contribution is 2.26. The van der Waals surface area contributed by atoms with Crippen LogP contribution in [0.3, 0.4) is 0 Å². The number of likely N-dealkylation sites (tertiary alicyclic amines) is 2. The summed E-state index contributed by atoms with van der Waals surface area (Å²) in [5.74, 6) is -5.34. The van der Waals surface area contributed by atoms with Gasteiger partial charge in [0.2, 0.25) is 23.7 Å². The Morgan fingerprint density at radius 1 is 0.580 bits per heavy atom. The predicted octanol–water partition coefficient (Wildman–Crippen LogP) is -9.75. The molecule has 2 saturated heterocycles. The minimum absolute atomic E-state index is 0.544. The molecule has 8 atom stereocenters. The Labute approximate surface area is 283 Å². The Morgan fingerprint density at radius 3 is 1.08 bits per heavy atom. The van der Waals surface area contributed by atoms with Crippen molar-refractivity contribution in [3.63, 3.8) is 0 Å². The summed E-state index contributed by atoms with van der Waals surface area (Å²) < 4.78 is 0. The molecule has 2 heterocycles. The SMILES string of the molecule is CN(CC(=O)N1[C@H](CO)[C@@H](O)C(O)[C@H](O)[C@H]1CO)C(N)=NOC(=O)/C=C/C(=O)ON=C(N)N(C)CC(=O)N1[C@H](CO)[C@@H](O)C(O)[C@H](O)[C@H]1CO. The third-order valence-corrected chi connectivity index (χ3v) is 8.07. The number of nitrogens with zero attached hydrogens (tertiary/aromatic N) is 6. The number of oxime groups is 2. The molecule has 0 radical (unpaired) electrons. The zero-order chi connectivity index (χ0) is 38.0. The number of carbonyl (C=O) groups is 4. The lowest BCUT2D eigenvalue weighted by Gasteiger charge is -2.48. The van der Waals surface area contributed by atoms with E-state index in [1.807, 2.05) is 0 Å². The number of carbonyl (C=O) groups excluding carboxylic acids is 4. The van der Waals surface area contributed by atoms with Gasteiger partial charge in [0.25, 0.3) is 0 Å². The maximum atomic E-state index is 12.9. The van der Waals surface area contributed by atoms with Crippen LogP contribution in [0.4, 0.5) is 0 Å². The molecule has 2 aliphatic rings. The van der Waals surface area contributed by atoms with Gasteiger partial charge in [0, 0.05) is 26.2 Å². The second-order valence-electron chi connectivity index (χ2n) is 11.3. The Kier molecular flexibility index (Phi) is 15.7. The second kappa shape index (κ2) is 18.7. The molecule has 0 aromatic carbocycles. The minimum atomic E-state index is -1.75. The van der Waals surface area contributed by atoms with Gasteiger partial charge >= 0.3 is 11.9 Å². The van der Waals surface area contributed by atoms with Crippen LogP contribution in [0.5, 0.6) is 0 Å². The van der Waals surface area contributed by atoms with Gasteiger partial charge in [0.1, 0.15) is 36.6 Å². The number of nitrogens with two attached hydrogens (primary N) is 2. The van der Waals surface area contributed by atoms with Crippen molar-refractivity contribution in [2.45, 2.75) is 60.8 Å². The molecule has 24 heteroatoms. The minimum Gasteiger partial charge on any atom is -0.394 e. The van der Waals surface area contributed by atoms with E-state index in [4.69, 9.17) is 11.5 Å². The quantitative estimate of drug-likeness (QED) is 0.0292. The summed E-state index contributed by atoms with van der Waals surface area (Å²) in [7, 11) is 2.47. The predicted molar refractivity (Wildman–Crippen MR) is 163 cm³/mol. The molecular formula is C26H44N8O16. The van der Waals surface area contributed by atoms with Crippen LogP contribution in [0.2, 0.25) is 0 Å². The Morgan fingerprint density at radius 2 is 0.840 bits per heavy atom. The average molecular weight is 725 g/mol. The molecule has 0 bridgehead atoms. The van der Waals surface area contributed by atoms with Gasteiger partial charge in [-0.3, -0.25) is 9.59 Å². The van der Waals surface area contributed by atoms with Crippen LogP contribution < -0.4 is 11.5 Å². The summed E-state index contributed by atoms with van der Waals surface area (Å²) in [6.07, 6.45) is -9.35. The number of aliphatic hydroxyl groups is 10. The van der Waals surface area contributed by atoms with Crippen LogP contribution in [-0.4, -0.2) is 221 Å². The molecule has 0 spiro atoms. The molecule has 2 fully saturated rings. The lowest BCUT2D eigenvalue weighted by molar-refractivity contribution is -0.188. The van der Waals surface area contributed by atoms with E-state index in [0.717, 1.165) is 19.6 Å². The van der Waals surface area contributed by atoms with Crippen LogP contribution in [0, 0.1) is 0 Å². The molecule has 2 aliphatic heterocycles. The van der Waals surface area contributed by atoms with Gasteiger partial charge in [-0.25, -0.2) is 9.59 Å². The molecule has 284 valence electrons. The summed E-state index contributed by atoms with van der Waals surface area (Å²) in [5, 5.41) is 106. The molecule has 14 N–H and O–H groups in total. The normalized spacial score (nSPS) is 30.6. The Bertz CT molecular complexity index is 1160. The lowest BCUT2D eigenvalue weighted by atomic mass is 9.88. The summed E-state index contributed by atoms with van der Waals surface area (Å²) >= 11 is 0. The van der Waals surface area contributed by atoms with E-state index >= 15 is 0 Å². The van der Waals surface area contributed by atoms with E-state index in [1.165, 1.54) is 14.1 Å². The molecular weight excluding hydrogens is 680 g/mol. The fourth-order valence-electron chi connectivity index (χ4n) is 5.24. The van der Waals surface area contributed by atoms with Crippen molar-refractivity contribution in [2.75, 3.05) is 53.6 Å². The van der Waals surface area contributed by atoms with E-state index in [2.05, 4.69) is 20.0 Å². The number of aliphatic hydroxyl groups excluding tert-OH is 10. The number of hydrogen-bond acceptors (Lipinski definition) is 18. The summed E-state index contributed by atoms with van der Waals surface area (Å²) in [6.45, 7) is -4.51. The van der Waals surface area contributed by atoms with E-state index in [-0.39, 0.29) is 0 Å². The van der Waals surface area contributed by atoms with Gasteiger partial charge < -0.3 is 91.8 Å². The highest BCUT2D eigenvalue weighted by molar-refractivity contribution is 5.93. The third-order valence-electron chi connectivity index (χ3n) is 8.07. The monoisotopic (exact) mass is 724 g/mol. The van der Waals surface area contributed by atoms with Crippen LogP contribution in [0.25, 0.3) is 0 Å². The van der Waals surface area contributed by atoms with Gasteiger partial charge in [-0.05, 0) is 10.3 Å². The van der Waals surface area contributed by atoms with Crippen LogP contribution in [-0.2, 0) is 28.9 Å². The van der Waals surface area contributed by atoms with E-state index < -0.39 is 136 Å². The first-order valence-electron chi connectivity index (χ1n) is 14.8. The molecule has 0 aromatic rings. The lowest BCUT2D eigenvalue weighted by Crippen LogP contribution is -2.70. The zero-order valence-electron chi connectivity index (χ0n) is 26.9. The third kappa shape index (κ3) is 9.71. The Balaban J connectivity index is 1.93. The van der Waals surface area contributed by atoms with Crippen LogP contribution in [0.1, 0.15) is 0 Å². The van der Waals surface area contributed by atoms with Crippen molar-refractivity contribution >= 4 is 35.7 Å². The standard InChI is InChI=1S/C26H44N8O16/c1-31(5-15(39)33-11(7-35)19(43)23(47)20(44)12(33)8-36)25(27)29-49-17(41)3-4-18(42)50-30-26(28)32(2)6-16(40)34-13(9-37)21(45)24(48)22(46)14(34)10-38/h3-4,11-14,19-24,35-38,43-48H,5-10H2,1-2H3,(H2,27,29)(H2,28,30)/b4-3+/t11-,12-,13-,14-,19-,20-,21-,22-/m1/s1. The molecule has 50 heavy (non-hydrogen) atoms. The summed E-state index contributed by atoms with van der Waals surface area (Å²) in [5.41, 5.74) is 11.4. The molecule has 2 amide bonds. The number of amides is 2. The maximum Gasteiger partial charge on any atom is 0.359 e. The van der Waals surface area contributed by atoms with Crippen molar-refractivity contribution in [2.24, 2.45) is 21.8 Å². The molecule has 0 aromatic heterocycles. The number of piperidine rings is 2. The van der Waals surface area contributed by atoms with Crippen LogP contribution >= 0.6 is 0 Å². The van der Waals surface area contributed by atoms with Gasteiger partial charge in [-0.15, -0.1) is 0 Å². The maximum absolute atomic E-state index is 12.9. The van der Waals surface area contributed by atoms with Crippen molar-refractivity contribution in [3.8, 4) is 0 Å². The average Bonchev–Trinajstić information content (AvgIpc) is 3.09. The molecule has 0 saturated carbocycles. The van der Waals surface area contributed by atoms with Gasteiger partial charge in [-0.1, -0.05) is 0 Å². The number of guanidine groups is 2. The fourth-order valence-corrected chi connectivity index (χ4v) is 5.24. The number of likely N-dealkylation sites (N-methyl/N-ethyl adjacent to an activating group) is 2. The van der Waals surface area contributed by atoms with Crippen molar-refractivity contribution in [1.82, 2.24) is 19.6 Å². The van der Waals surface area contributed by atoms with Gasteiger partial charge in [0.05, 0.1) is 63.7 Å². The van der Waals surface area contributed by atoms with Crippen molar-refractivity contribution in [1.29, 1.82) is 0 Å². The van der Waals surface area contributed by atoms with Gasteiger partial charge in [0.15, 0.2) is 0 Å². The first-order valence-corrected chi connectivity index (χ1v) is 14.8. The molecule has 0 aliphatic carbocycles. The highest BCUT2D eigenvalue weighted by atomic mass is 16.7. The molecule has 24 nitrogen and oxygen atoms in total. The number of hydrogen-bond donors (Lipinski definition) is 12. The Hall–Kier alpha value is -4.24. The highest BCUT2D eigenvalue weighted by Gasteiger charge is 2.50. The van der Waals surface area contributed by atoms with Crippen LogP contribution in [0.15, 0.2) is 22.5 Å². The van der Waals surface area contributed by atoms with Crippen molar-refractivity contribution < 1.29 is 79.9 Å². The summed E-state index contributed by atoms with van der Waals surface area (Å²) in [6, 6.07) is -5.52. The fraction of sp³-hybridized carbons (Fsp3) is 0.692. The van der Waals surface area contributed by atoms with E-state index in [9.17, 15) is 70.2 Å². The second-order valence-corrected chi connectivity index (χ2v) is 11.3. The zero-order valence-corrected chi connectivity index (χ0v) is 26.9. The molecule has 0 unspecified atom stereocenters. The topological polar surface area (TPSA) is 379 Å². The van der Waals surface area contributed by atoms with E-state index in [1.54, 1.807) is 0 Å². The van der Waals surface area contributed by atoms with E-state index in [0.29, 0.717) is 12.2 Å². The first kappa shape index (κ1) is 41.9. The van der Waals surface area contributed by atoms with Crippen molar-refractivity contribution in [3.05, 3.63) is 12.2 Å². The first-order chi connectivity index (χ1) is 23.5. The smallest absolute Gasteiger partial charge is 0.359 e.